The number of urea groups is 2. The van der Waals surface area contributed by atoms with Crippen LogP contribution in [-0.4, -0.2) is 41.2 Å². The molecule has 0 N–H and O–H groups in total. The molecule has 12 heavy (non-hydrogen) atoms. The molecule has 0 saturated carbocycles. The van der Waals surface area contributed by atoms with Crippen molar-refractivity contribution in [3.05, 3.63) is 0 Å². The summed E-state index contributed by atoms with van der Waals surface area (Å²) in [4.78, 5) is 36.6. The summed E-state index contributed by atoms with van der Waals surface area (Å²) in [5, 5.41) is 0. The van der Waals surface area contributed by atoms with E-state index in [2.05, 4.69) is 4.99 Å². The normalized spacial score (nSPS) is 15.8. The fourth-order valence-electron chi connectivity index (χ4n) is 0.901. The third-order valence-corrected chi connectivity index (χ3v) is 1.52. The van der Waals surface area contributed by atoms with E-state index in [1.807, 2.05) is 0 Å². The molecule has 1 saturated heterocycles. The van der Waals surface area contributed by atoms with Crippen LogP contribution in [0.1, 0.15) is 6.92 Å². The topological polar surface area (TPSA) is 70.1 Å². The Morgan fingerprint density at radius 3 is 2.33 bits per heavy atom. The summed E-state index contributed by atoms with van der Waals surface area (Å²) in [7, 11) is 0. The minimum atomic E-state index is -0.415. The molecule has 0 aromatic heterocycles. The summed E-state index contributed by atoms with van der Waals surface area (Å²) >= 11 is 0. The molecule has 1 aliphatic rings. The van der Waals surface area contributed by atoms with Crippen molar-refractivity contribution in [2.45, 2.75) is 6.92 Å². The molecule has 6 nitrogen and oxygen atoms in total. The summed E-state index contributed by atoms with van der Waals surface area (Å²) in [6, 6.07) is -0.831. The van der Waals surface area contributed by atoms with Crippen molar-refractivity contribution in [2.24, 2.45) is 4.99 Å². The molecule has 0 bridgehead atoms. The number of hydrogen-bond acceptors (Lipinski definition) is 4. The largest absolute Gasteiger partial charge is 0.337 e. The van der Waals surface area contributed by atoms with E-state index in [9.17, 15) is 14.4 Å². The summed E-state index contributed by atoms with van der Waals surface area (Å²) < 4.78 is 0. The van der Waals surface area contributed by atoms with Crippen molar-refractivity contribution in [2.75, 3.05) is 13.2 Å². The monoisotopic (exact) mass is 169 g/mol. The molecule has 0 unspecified atom stereocenters. The molecule has 0 aromatic carbocycles. The number of rotatable bonds is 3. The molecule has 0 aliphatic carbocycles. The van der Waals surface area contributed by atoms with E-state index < -0.39 is 12.1 Å². The van der Waals surface area contributed by atoms with E-state index in [0.717, 1.165) is 9.80 Å². The van der Waals surface area contributed by atoms with Gasteiger partial charge in [-0.3, -0.25) is 0 Å². The Bertz CT molecular complexity index is 253. The van der Waals surface area contributed by atoms with E-state index in [-0.39, 0.29) is 6.67 Å². The molecular formula is C6H7N3O3. The zero-order chi connectivity index (χ0) is 9.14. The van der Waals surface area contributed by atoms with E-state index in [1.165, 1.54) is 6.08 Å². The minimum absolute atomic E-state index is 0.225. The molecule has 0 aromatic rings. The van der Waals surface area contributed by atoms with Crippen molar-refractivity contribution >= 4 is 18.1 Å². The van der Waals surface area contributed by atoms with Crippen LogP contribution in [0.4, 0.5) is 9.59 Å². The number of nitrogens with zero attached hydrogens (tertiary/aromatic N) is 3. The number of aliphatic imine (C=N–C) groups is 1. The highest BCUT2D eigenvalue weighted by Crippen LogP contribution is 2.14. The van der Waals surface area contributed by atoms with Crippen LogP contribution < -0.4 is 0 Å². The first-order chi connectivity index (χ1) is 5.72. The molecule has 64 valence electrons. The average molecular weight is 169 g/mol. The summed E-state index contributed by atoms with van der Waals surface area (Å²) in [5.41, 5.74) is 0. The van der Waals surface area contributed by atoms with Gasteiger partial charge in [-0.2, -0.15) is 4.99 Å². The number of imide groups is 2. The van der Waals surface area contributed by atoms with Crippen LogP contribution in [0.5, 0.6) is 0 Å². The first kappa shape index (κ1) is 8.42. The van der Waals surface area contributed by atoms with Crippen molar-refractivity contribution in [1.82, 2.24) is 9.80 Å². The second-order valence-electron chi connectivity index (χ2n) is 2.13. The van der Waals surface area contributed by atoms with Crippen molar-refractivity contribution in [3.8, 4) is 0 Å². The van der Waals surface area contributed by atoms with E-state index in [1.54, 1.807) is 6.92 Å². The van der Waals surface area contributed by atoms with Gasteiger partial charge in [-0.15, -0.1) is 0 Å². The molecule has 0 radical (unpaired) electrons. The lowest BCUT2D eigenvalue weighted by Gasteiger charge is -2.36. The number of carbonyl (C=O) groups is 2. The first-order valence-corrected chi connectivity index (χ1v) is 3.39. The van der Waals surface area contributed by atoms with Crippen molar-refractivity contribution < 1.29 is 14.4 Å². The number of isocyanates is 1. The van der Waals surface area contributed by atoms with E-state index in [0.29, 0.717) is 6.54 Å². The molecule has 0 spiro atoms. The standard InChI is InChI=1S/C6H7N3O3/c1-2-8-5(11)9(6(8)12)3-7-4-10/h2-3H2,1H3. The van der Waals surface area contributed by atoms with Crippen LogP contribution in [0.2, 0.25) is 0 Å². The van der Waals surface area contributed by atoms with Gasteiger partial charge < -0.3 is 0 Å². The van der Waals surface area contributed by atoms with Gasteiger partial charge in [-0.05, 0) is 6.92 Å². The lowest BCUT2D eigenvalue weighted by molar-refractivity contribution is 0.109. The van der Waals surface area contributed by atoms with Crippen LogP contribution in [0.15, 0.2) is 4.99 Å². The van der Waals surface area contributed by atoms with Gasteiger partial charge in [0.15, 0.2) is 0 Å². The molecule has 1 heterocycles. The van der Waals surface area contributed by atoms with Crippen molar-refractivity contribution in [3.63, 3.8) is 0 Å². The maximum Gasteiger partial charge on any atom is 0.337 e. The Balaban J connectivity index is 2.56. The lowest BCUT2D eigenvalue weighted by Crippen LogP contribution is -2.63. The maximum atomic E-state index is 11.0. The number of carbonyl (C=O) groups excluding carboxylic acids is 3. The zero-order valence-corrected chi connectivity index (χ0v) is 6.48. The average Bonchev–Trinajstić information content (AvgIpc) is 2.06. The predicted molar refractivity (Wildman–Crippen MR) is 38.0 cm³/mol. The summed E-state index contributed by atoms with van der Waals surface area (Å²) in [6.45, 7) is 1.81. The predicted octanol–water partition coefficient (Wildman–Crippen LogP) is 0.157. The van der Waals surface area contributed by atoms with E-state index in [4.69, 9.17) is 0 Å². The quantitative estimate of drug-likeness (QED) is 0.446. The first-order valence-electron chi connectivity index (χ1n) is 3.39. The van der Waals surface area contributed by atoms with Crippen LogP contribution in [0, 0.1) is 0 Å². The fourth-order valence-corrected chi connectivity index (χ4v) is 0.901. The third kappa shape index (κ3) is 1.08. The summed E-state index contributed by atoms with van der Waals surface area (Å²) in [6.07, 6.45) is 1.25. The highest BCUT2D eigenvalue weighted by molar-refractivity contribution is 6.11. The summed E-state index contributed by atoms with van der Waals surface area (Å²) in [5.74, 6) is 0. The fraction of sp³-hybridized carbons (Fsp3) is 0.500. The van der Waals surface area contributed by atoms with Gasteiger partial charge in [-0.1, -0.05) is 0 Å². The zero-order valence-electron chi connectivity index (χ0n) is 6.48. The SMILES string of the molecule is CCN1C(=O)N(CN=C=O)C1=O. The highest BCUT2D eigenvalue weighted by Gasteiger charge is 2.42. The highest BCUT2D eigenvalue weighted by atomic mass is 16.2. The molecule has 1 fully saturated rings. The lowest BCUT2D eigenvalue weighted by atomic mass is 10.4. The van der Waals surface area contributed by atoms with E-state index >= 15 is 0 Å². The molecule has 1 rings (SSSR count). The van der Waals surface area contributed by atoms with Gasteiger partial charge in [0.2, 0.25) is 6.08 Å². The smallest absolute Gasteiger partial charge is 0.247 e. The van der Waals surface area contributed by atoms with Crippen LogP contribution in [0.3, 0.4) is 0 Å². The Kier molecular flexibility index (Phi) is 2.21. The Hall–Kier alpha value is -1.68. The molecular weight excluding hydrogens is 162 g/mol. The van der Waals surface area contributed by atoms with Crippen molar-refractivity contribution in [1.29, 1.82) is 0 Å². The third-order valence-electron chi connectivity index (χ3n) is 1.52. The van der Waals surface area contributed by atoms with Gasteiger partial charge in [0.25, 0.3) is 0 Å². The molecule has 4 amide bonds. The minimum Gasteiger partial charge on any atom is -0.247 e. The van der Waals surface area contributed by atoms with Crippen LogP contribution >= 0.6 is 0 Å². The maximum absolute atomic E-state index is 11.0. The van der Waals surface area contributed by atoms with Crippen LogP contribution in [-0.2, 0) is 4.79 Å². The van der Waals surface area contributed by atoms with Gasteiger partial charge >= 0.3 is 12.1 Å². The van der Waals surface area contributed by atoms with Crippen LogP contribution in [0.25, 0.3) is 0 Å². The van der Waals surface area contributed by atoms with Gasteiger partial charge in [0.05, 0.1) is 0 Å². The molecule has 0 atom stereocenters. The van der Waals surface area contributed by atoms with Gasteiger partial charge in [0, 0.05) is 6.54 Å². The second-order valence-corrected chi connectivity index (χ2v) is 2.13. The Labute approximate surface area is 68.5 Å². The molecule has 6 heteroatoms. The Morgan fingerprint density at radius 2 is 1.92 bits per heavy atom. The molecule has 1 aliphatic heterocycles. The Morgan fingerprint density at radius 1 is 1.33 bits per heavy atom. The van der Waals surface area contributed by atoms with Gasteiger partial charge in [0.1, 0.15) is 6.67 Å². The second kappa shape index (κ2) is 3.15. The number of amides is 4. The van der Waals surface area contributed by atoms with Gasteiger partial charge in [-0.25, -0.2) is 24.2 Å². The number of hydrogen-bond donors (Lipinski definition) is 0.